The van der Waals surface area contributed by atoms with Crippen molar-refractivity contribution >= 4 is 24.5 Å². The van der Waals surface area contributed by atoms with Gasteiger partial charge in [-0.15, -0.1) is 0 Å². The molecule has 234 valence electrons. The third-order valence-electron chi connectivity index (χ3n) is 10.6. The molecule has 0 amide bonds. The summed E-state index contributed by atoms with van der Waals surface area (Å²) in [5.74, 6) is 1.18. The lowest BCUT2D eigenvalue weighted by atomic mass is 9.70. The normalized spacial score (nSPS) is 30.0. The van der Waals surface area contributed by atoms with Gasteiger partial charge in [0.15, 0.2) is 0 Å². The van der Waals surface area contributed by atoms with Crippen LogP contribution in [0.25, 0.3) is 0 Å². The van der Waals surface area contributed by atoms with E-state index in [9.17, 15) is 0 Å². The molecule has 3 fully saturated rings. The fourth-order valence-electron chi connectivity index (χ4n) is 7.07. The fourth-order valence-corrected chi connectivity index (χ4v) is 7.07. The average Bonchev–Trinajstić information content (AvgIpc) is 3.61. The summed E-state index contributed by atoms with van der Waals surface area (Å²) in [5, 5.41) is 7.55. The Balaban J connectivity index is 1.38. The summed E-state index contributed by atoms with van der Waals surface area (Å²) in [5.41, 5.74) is 5.62. The first kappa shape index (κ1) is 32.0. The van der Waals surface area contributed by atoms with Crippen LogP contribution >= 0.6 is 0 Å². The van der Waals surface area contributed by atoms with Crippen molar-refractivity contribution in [2.45, 2.75) is 129 Å². The molecular weight excluding hydrogens is 523 g/mol. The zero-order valence-electron chi connectivity index (χ0n) is 28.0. The van der Waals surface area contributed by atoms with Gasteiger partial charge < -0.3 is 24.7 Å². The number of nitrogens with one attached hydrogen (secondary N) is 2. The van der Waals surface area contributed by atoms with Crippen LogP contribution < -0.4 is 16.1 Å². The van der Waals surface area contributed by atoms with E-state index in [1.54, 1.807) is 0 Å². The van der Waals surface area contributed by atoms with Gasteiger partial charge in [-0.05, 0) is 148 Å². The third-order valence-corrected chi connectivity index (χ3v) is 10.6. The van der Waals surface area contributed by atoms with E-state index < -0.39 is 18.3 Å². The number of benzene rings is 1. The number of rotatable bonds is 6. The lowest BCUT2D eigenvalue weighted by Gasteiger charge is -2.47. The van der Waals surface area contributed by atoms with E-state index in [1.807, 2.05) is 0 Å². The van der Waals surface area contributed by atoms with Gasteiger partial charge in [-0.2, -0.15) is 0 Å². The highest BCUT2D eigenvalue weighted by atomic mass is 16.7. The zero-order chi connectivity index (χ0) is 30.3. The highest BCUT2D eigenvalue weighted by Crippen LogP contribution is 2.51. The van der Waals surface area contributed by atoms with Crippen molar-refractivity contribution in [2.24, 2.45) is 10.9 Å². The van der Waals surface area contributed by atoms with Crippen molar-refractivity contribution < 1.29 is 14.0 Å². The molecule has 3 atom stereocenters. The van der Waals surface area contributed by atoms with Gasteiger partial charge in [0, 0.05) is 48.2 Å². The second-order valence-corrected chi connectivity index (χ2v) is 15.6. The Morgan fingerprint density at radius 2 is 1.83 bits per heavy atom. The van der Waals surface area contributed by atoms with Crippen LogP contribution in [-0.4, -0.2) is 80.0 Å². The summed E-state index contributed by atoms with van der Waals surface area (Å²) in [4.78, 5) is 7.52. The second-order valence-electron chi connectivity index (χ2n) is 15.6. The standard InChI is InChI=1S/C34H57BN4O3/c1-24-19-28-27(21-36-15-10-11-18-40-23-37-28)30(35-41-32(5,6)33(7,8)42-35)29(24)26-20-25(26)13-16-38-34(9)14-12-17-39(22-34)31(2,3)4/h19,21,25-26,37-38H,10-18,20,22-23H2,1-9H3. The second kappa shape index (κ2) is 12.2. The predicted octanol–water partition coefficient (Wildman–Crippen LogP) is 5.63. The maximum atomic E-state index is 6.73. The molecule has 2 N–H and O–H groups in total. The number of aryl methyl sites for hydroxylation is 1. The lowest BCUT2D eigenvalue weighted by molar-refractivity contribution is 0.00578. The average molecular weight is 581 g/mol. The Morgan fingerprint density at radius 1 is 1.10 bits per heavy atom. The van der Waals surface area contributed by atoms with Gasteiger partial charge in [-0.25, -0.2) is 0 Å². The van der Waals surface area contributed by atoms with E-state index >= 15 is 0 Å². The van der Waals surface area contributed by atoms with Gasteiger partial charge in [-0.1, -0.05) is 0 Å². The first-order valence-electron chi connectivity index (χ1n) is 16.6. The monoisotopic (exact) mass is 580 g/mol. The summed E-state index contributed by atoms with van der Waals surface area (Å²) in [6.45, 7) is 25.7. The highest BCUT2D eigenvalue weighted by molar-refractivity contribution is 6.64. The van der Waals surface area contributed by atoms with Crippen LogP contribution in [0.2, 0.25) is 0 Å². The summed E-state index contributed by atoms with van der Waals surface area (Å²) in [7, 11) is -0.429. The predicted molar refractivity (Wildman–Crippen MR) is 175 cm³/mol. The molecule has 3 heterocycles. The smallest absolute Gasteiger partial charge is 0.399 e. The van der Waals surface area contributed by atoms with Gasteiger partial charge in [-0.3, -0.25) is 9.89 Å². The SMILES string of the molecule is Cc1cc2c(c(B3OC(C)(C)C(C)(C)O3)c1C1CC1CCNC1(C)CCCN(C(C)(C)C)C1)C=NCCCCOCN2. The summed E-state index contributed by atoms with van der Waals surface area (Å²) in [6, 6.07) is 2.30. The molecule has 1 aliphatic carbocycles. The minimum Gasteiger partial charge on any atom is -0.399 e. The zero-order valence-corrected chi connectivity index (χ0v) is 28.0. The molecule has 3 aliphatic heterocycles. The molecule has 3 unspecified atom stereocenters. The van der Waals surface area contributed by atoms with Crippen LogP contribution in [0.5, 0.6) is 0 Å². The van der Waals surface area contributed by atoms with Crippen LogP contribution in [0.3, 0.4) is 0 Å². The lowest BCUT2D eigenvalue weighted by Crippen LogP contribution is -2.59. The van der Waals surface area contributed by atoms with Gasteiger partial charge >= 0.3 is 7.12 Å². The number of ether oxygens (including phenoxy) is 1. The highest BCUT2D eigenvalue weighted by Gasteiger charge is 2.54. The van der Waals surface area contributed by atoms with Gasteiger partial charge in [0.2, 0.25) is 0 Å². The molecule has 5 rings (SSSR count). The third kappa shape index (κ3) is 6.93. The number of fused-ring (bicyclic) bond motifs is 1. The minimum atomic E-state index is -0.429. The Kier molecular flexibility index (Phi) is 9.25. The minimum absolute atomic E-state index is 0.183. The largest absolute Gasteiger partial charge is 0.495 e. The molecule has 42 heavy (non-hydrogen) atoms. The van der Waals surface area contributed by atoms with E-state index in [4.69, 9.17) is 19.0 Å². The first-order chi connectivity index (χ1) is 19.7. The Hall–Kier alpha value is -1.45. The van der Waals surface area contributed by atoms with E-state index in [0.717, 1.165) is 50.3 Å². The van der Waals surface area contributed by atoms with E-state index in [1.165, 1.54) is 48.8 Å². The maximum absolute atomic E-state index is 6.73. The van der Waals surface area contributed by atoms with E-state index in [0.29, 0.717) is 18.6 Å². The van der Waals surface area contributed by atoms with Crippen LogP contribution in [0.4, 0.5) is 5.69 Å². The van der Waals surface area contributed by atoms with Gasteiger partial charge in [0.05, 0.1) is 11.2 Å². The summed E-state index contributed by atoms with van der Waals surface area (Å²) >= 11 is 0. The quantitative estimate of drug-likeness (QED) is 0.426. The topological polar surface area (TPSA) is 67.4 Å². The Morgan fingerprint density at radius 3 is 2.55 bits per heavy atom. The van der Waals surface area contributed by atoms with Crippen molar-refractivity contribution in [3.05, 3.63) is 22.8 Å². The maximum Gasteiger partial charge on any atom is 0.495 e. The van der Waals surface area contributed by atoms with Crippen molar-refractivity contribution in [1.82, 2.24) is 10.2 Å². The number of aliphatic imine (C=N–C) groups is 1. The number of anilines is 1. The number of likely N-dealkylation sites (tertiary alicyclic amines) is 1. The molecule has 7 nitrogen and oxygen atoms in total. The number of nitrogens with zero attached hydrogens (tertiary/aromatic N) is 2. The Labute approximate surface area is 256 Å². The molecule has 1 saturated carbocycles. The van der Waals surface area contributed by atoms with Crippen LogP contribution in [0.15, 0.2) is 11.1 Å². The van der Waals surface area contributed by atoms with Gasteiger partial charge in [0.1, 0.15) is 6.73 Å². The molecular formula is C34H57BN4O3. The molecule has 2 saturated heterocycles. The van der Waals surface area contributed by atoms with Crippen molar-refractivity contribution in [3.63, 3.8) is 0 Å². The van der Waals surface area contributed by atoms with Crippen LogP contribution in [0.1, 0.15) is 117 Å². The molecule has 1 aromatic rings. The fraction of sp³-hybridized carbons (Fsp3) is 0.794. The molecule has 0 aromatic heterocycles. The van der Waals surface area contributed by atoms with Crippen molar-refractivity contribution in [1.29, 1.82) is 0 Å². The van der Waals surface area contributed by atoms with Crippen molar-refractivity contribution in [2.75, 3.05) is 44.8 Å². The van der Waals surface area contributed by atoms with Crippen LogP contribution in [-0.2, 0) is 14.0 Å². The molecule has 1 aromatic carbocycles. The molecule has 0 spiro atoms. The molecule has 0 radical (unpaired) electrons. The number of piperidine rings is 1. The van der Waals surface area contributed by atoms with Crippen molar-refractivity contribution in [3.8, 4) is 0 Å². The van der Waals surface area contributed by atoms with E-state index in [-0.39, 0.29) is 11.1 Å². The van der Waals surface area contributed by atoms with E-state index in [2.05, 4.69) is 90.1 Å². The number of hydrogen-bond donors (Lipinski definition) is 2. The Bertz CT molecular complexity index is 1130. The number of hydrogen-bond acceptors (Lipinski definition) is 7. The van der Waals surface area contributed by atoms with Gasteiger partial charge in [0.25, 0.3) is 0 Å². The van der Waals surface area contributed by atoms with Crippen LogP contribution in [0, 0.1) is 12.8 Å². The molecule has 0 bridgehead atoms. The molecule has 4 aliphatic rings. The molecule has 8 heteroatoms. The summed E-state index contributed by atoms with van der Waals surface area (Å²) < 4.78 is 19.3. The summed E-state index contributed by atoms with van der Waals surface area (Å²) in [6.07, 6.45) is 9.04. The first-order valence-corrected chi connectivity index (χ1v) is 16.6.